The van der Waals surface area contributed by atoms with Crippen LogP contribution in [0.3, 0.4) is 0 Å². The summed E-state index contributed by atoms with van der Waals surface area (Å²) < 4.78 is 0. The zero-order valence-corrected chi connectivity index (χ0v) is 16.1. The van der Waals surface area contributed by atoms with Crippen molar-refractivity contribution in [2.45, 2.75) is 58.0 Å². The molecule has 27 heavy (non-hydrogen) atoms. The Morgan fingerprint density at radius 3 is 2.70 bits per heavy atom. The maximum absolute atomic E-state index is 13.1. The van der Waals surface area contributed by atoms with Crippen LogP contribution in [0.2, 0.25) is 0 Å². The van der Waals surface area contributed by atoms with Crippen LogP contribution in [-0.4, -0.2) is 51.8 Å². The number of carbonyl (C=O) groups is 2. The first kappa shape index (κ1) is 16.8. The lowest BCUT2D eigenvalue weighted by atomic mass is 9.83. The number of H-pyrrole nitrogens is 1. The number of fused-ring (bicyclic) bond motifs is 2. The van der Waals surface area contributed by atoms with Gasteiger partial charge in [0, 0.05) is 42.5 Å². The molecule has 3 fully saturated rings. The Bertz CT molecular complexity index is 927. The normalized spacial score (nSPS) is 25.8. The lowest BCUT2D eigenvalue weighted by Gasteiger charge is -2.47. The fourth-order valence-corrected chi connectivity index (χ4v) is 5.19. The van der Waals surface area contributed by atoms with Gasteiger partial charge >= 0.3 is 0 Å². The highest BCUT2D eigenvalue weighted by Gasteiger charge is 2.45. The van der Waals surface area contributed by atoms with Gasteiger partial charge in [-0.25, -0.2) is 0 Å². The number of nitrogens with one attached hydrogen (secondary N) is 1. The number of aromatic nitrogens is 1. The van der Waals surface area contributed by atoms with E-state index < -0.39 is 0 Å². The van der Waals surface area contributed by atoms with Crippen molar-refractivity contribution in [2.24, 2.45) is 5.92 Å². The Labute approximate surface area is 159 Å². The molecule has 5 heteroatoms. The average Bonchev–Trinajstić information content (AvgIpc) is 3.38. The number of nitrogens with zero attached hydrogens (tertiary/aromatic N) is 2. The molecular weight excluding hydrogens is 338 g/mol. The second-order valence-corrected chi connectivity index (χ2v) is 8.66. The zero-order chi connectivity index (χ0) is 18.7. The van der Waals surface area contributed by atoms with Gasteiger partial charge in [0.15, 0.2) is 0 Å². The molecule has 1 saturated carbocycles. The van der Waals surface area contributed by atoms with Crippen LogP contribution in [0.4, 0.5) is 0 Å². The molecule has 2 aromatic rings. The molecule has 0 spiro atoms. The van der Waals surface area contributed by atoms with Crippen molar-refractivity contribution in [3.63, 3.8) is 0 Å². The van der Waals surface area contributed by atoms with Crippen molar-refractivity contribution in [1.29, 1.82) is 0 Å². The minimum atomic E-state index is 0.0941. The fourth-order valence-electron chi connectivity index (χ4n) is 5.19. The number of hydrogen-bond acceptors (Lipinski definition) is 2. The van der Waals surface area contributed by atoms with E-state index in [0.29, 0.717) is 36.0 Å². The van der Waals surface area contributed by atoms with Crippen LogP contribution in [0.5, 0.6) is 0 Å². The number of piperidine rings is 2. The summed E-state index contributed by atoms with van der Waals surface area (Å²) in [6.45, 7) is 5.68. The van der Waals surface area contributed by atoms with E-state index in [4.69, 9.17) is 0 Å². The van der Waals surface area contributed by atoms with Gasteiger partial charge in [0.05, 0.1) is 0 Å². The minimum Gasteiger partial charge on any atom is -0.351 e. The quantitative estimate of drug-likeness (QED) is 0.887. The molecule has 0 radical (unpaired) electrons. The molecule has 2 saturated heterocycles. The van der Waals surface area contributed by atoms with Crippen LogP contribution in [-0.2, 0) is 4.79 Å². The number of rotatable bonds is 2. The number of hydrogen-bond donors (Lipinski definition) is 1. The third-order valence-corrected chi connectivity index (χ3v) is 6.62. The summed E-state index contributed by atoms with van der Waals surface area (Å²) in [6, 6.07) is 7.08. The van der Waals surface area contributed by atoms with Gasteiger partial charge in [-0.05, 0) is 68.7 Å². The van der Waals surface area contributed by atoms with Crippen LogP contribution in [0.1, 0.15) is 53.7 Å². The first-order valence-corrected chi connectivity index (χ1v) is 10.2. The highest BCUT2D eigenvalue weighted by molar-refractivity contribution is 5.99. The molecule has 3 heterocycles. The first-order valence-electron chi connectivity index (χ1n) is 10.2. The van der Waals surface area contributed by atoms with Gasteiger partial charge < -0.3 is 14.8 Å². The molecule has 2 amide bonds. The Kier molecular flexibility index (Phi) is 3.81. The molecule has 1 N–H and O–H groups in total. The summed E-state index contributed by atoms with van der Waals surface area (Å²) in [6.07, 6.45) is 4.79. The Hall–Kier alpha value is -2.30. The van der Waals surface area contributed by atoms with Crippen LogP contribution in [0.15, 0.2) is 18.2 Å². The van der Waals surface area contributed by atoms with Crippen molar-refractivity contribution >= 4 is 22.7 Å². The fraction of sp³-hybridized carbons (Fsp3) is 0.545. The maximum atomic E-state index is 13.1. The largest absolute Gasteiger partial charge is 0.351 e. The van der Waals surface area contributed by atoms with E-state index in [-0.39, 0.29) is 5.91 Å². The van der Waals surface area contributed by atoms with Gasteiger partial charge in [0.25, 0.3) is 5.91 Å². The van der Waals surface area contributed by atoms with Gasteiger partial charge in [-0.2, -0.15) is 0 Å². The molecule has 1 aromatic carbocycles. The predicted octanol–water partition coefficient (Wildman–Crippen LogP) is 3.40. The molecule has 2 aliphatic heterocycles. The monoisotopic (exact) mass is 365 g/mol. The maximum Gasteiger partial charge on any atom is 0.270 e. The molecule has 1 aliphatic carbocycles. The molecule has 142 valence electrons. The number of aromatic amines is 1. The second kappa shape index (κ2) is 6.11. The summed E-state index contributed by atoms with van der Waals surface area (Å²) in [5, 5.41) is 1.13. The number of amides is 2. The highest BCUT2D eigenvalue weighted by Crippen LogP contribution is 2.39. The second-order valence-electron chi connectivity index (χ2n) is 8.66. The van der Waals surface area contributed by atoms with Crippen molar-refractivity contribution in [3.05, 3.63) is 35.0 Å². The number of likely N-dealkylation sites (tertiary alicyclic amines) is 2. The third kappa shape index (κ3) is 2.84. The number of benzene rings is 1. The predicted molar refractivity (Wildman–Crippen MR) is 105 cm³/mol. The lowest BCUT2D eigenvalue weighted by molar-refractivity contribution is -0.141. The van der Waals surface area contributed by atoms with E-state index in [0.717, 1.165) is 49.7 Å². The van der Waals surface area contributed by atoms with Gasteiger partial charge in [-0.3, -0.25) is 9.59 Å². The molecule has 3 aliphatic rings. The third-order valence-electron chi connectivity index (χ3n) is 6.62. The van der Waals surface area contributed by atoms with Gasteiger partial charge in [-0.15, -0.1) is 0 Å². The summed E-state index contributed by atoms with van der Waals surface area (Å²) in [4.78, 5) is 33.0. The van der Waals surface area contributed by atoms with Crippen molar-refractivity contribution < 1.29 is 9.59 Å². The SMILES string of the molecule is Cc1cc(C)c2cc(C(=O)N3CC[C@@H]4[C@H](CCC(=O)N4C4CC4)C3)[nH]c2c1. The van der Waals surface area contributed by atoms with E-state index in [1.807, 2.05) is 11.0 Å². The summed E-state index contributed by atoms with van der Waals surface area (Å²) in [7, 11) is 0. The molecule has 2 atom stereocenters. The number of aryl methyl sites for hydroxylation is 2. The summed E-state index contributed by atoms with van der Waals surface area (Å²) in [5.41, 5.74) is 4.12. The minimum absolute atomic E-state index is 0.0941. The van der Waals surface area contributed by atoms with E-state index >= 15 is 0 Å². The summed E-state index contributed by atoms with van der Waals surface area (Å²) in [5.74, 6) is 0.853. The molecule has 1 aromatic heterocycles. The Morgan fingerprint density at radius 1 is 1.11 bits per heavy atom. The van der Waals surface area contributed by atoms with E-state index in [1.54, 1.807) is 0 Å². The average molecular weight is 365 g/mol. The Balaban J connectivity index is 1.36. The van der Waals surface area contributed by atoms with Crippen molar-refractivity contribution in [1.82, 2.24) is 14.8 Å². The number of carbonyl (C=O) groups excluding carboxylic acids is 2. The van der Waals surface area contributed by atoms with Gasteiger partial charge in [-0.1, -0.05) is 6.07 Å². The molecule has 0 unspecified atom stereocenters. The van der Waals surface area contributed by atoms with Gasteiger partial charge in [0.2, 0.25) is 5.91 Å². The molecule has 5 nitrogen and oxygen atoms in total. The lowest BCUT2D eigenvalue weighted by Crippen LogP contribution is -2.57. The van der Waals surface area contributed by atoms with Crippen LogP contribution in [0.25, 0.3) is 10.9 Å². The zero-order valence-electron chi connectivity index (χ0n) is 16.1. The first-order chi connectivity index (χ1) is 13.0. The van der Waals surface area contributed by atoms with Crippen LogP contribution >= 0.6 is 0 Å². The van der Waals surface area contributed by atoms with Crippen molar-refractivity contribution in [3.8, 4) is 0 Å². The Morgan fingerprint density at radius 2 is 1.93 bits per heavy atom. The van der Waals surface area contributed by atoms with Crippen molar-refractivity contribution in [2.75, 3.05) is 13.1 Å². The summed E-state index contributed by atoms with van der Waals surface area (Å²) >= 11 is 0. The van der Waals surface area contributed by atoms with Crippen LogP contribution in [0, 0.1) is 19.8 Å². The molecular formula is C22H27N3O2. The standard InChI is InChI=1S/C22H27N3O2/c1-13-9-14(2)17-11-19(23-18(17)10-13)22(27)24-8-7-20-15(12-24)3-6-21(26)25(20)16-4-5-16/h9-11,15-16,20,23H,3-8,12H2,1-2H3/t15-,20-/m1/s1. The van der Waals surface area contributed by atoms with Crippen LogP contribution < -0.4 is 0 Å². The van der Waals surface area contributed by atoms with E-state index in [2.05, 4.69) is 35.9 Å². The van der Waals surface area contributed by atoms with Gasteiger partial charge in [0.1, 0.15) is 5.69 Å². The molecule has 5 rings (SSSR count). The highest BCUT2D eigenvalue weighted by atomic mass is 16.2. The molecule has 0 bridgehead atoms. The van der Waals surface area contributed by atoms with E-state index in [9.17, 15) is 9.59 Å². The smallest absolute Gasteiger partial charge is 0.270 e. The van der Waals surface area contributed by atoms with E-state index in [1.165, 1.54) is 11.1 Å². The topological polar surface area (TPSA) is 56.4 Å².